The molecule has 25 heavy (non-hydrogen) atoms. The van der Waals surface area contributed by atoms with Crippen molar-refractivity contribution in [1.82, 2.24) is 4.90 Å². The Hall–Kier alpha value is -2.53. The average molecular weight is 339 g/mol. The minimum atomic E-state index is -0.260. The number of rotatable bonds is 4. The fourth-order valence-corrected chi connectivity index (χ4v) is 3.17. The monoisotopic (exact) mass is 339 g/mol. The van der Waals surface area contributed by atoms with E-state index in [1.807, 2.05) is 24.3 Å². The van der Waals surface area contributed by atoms with Crippen LogP contribution in [0.5, 0.6) is 11.5 Å². The molecule has 1 heterocycles. The molecule has 132 valence electrons. The third kappa shape index (κ3) is 3.77. The fourth-order valence-electron chi connectivity index (χ4n) is 3.17. The Morgan fingerprint density at radius 2 is 1.80 bits per heavy atom. The van der Waals surface area contributed by atoms with Crippen LogP contribution in [0.25, 0.3) is 11.1 Å². The van der Waals surface area contributed by atoms with Crippen LogP contribution in [-0.2, 0) is 0 Å². The van der Waals surface area contributed by atoms with Crippen LogP contribution in [0.3, 0.4) is 0 Å². The molecule has 1 fully saturated rings. The molecule has 1 aliphatic rings. The zero-order valence-corrected chi connectivity index (χ0v) is 14.7. The summed E-state index contributed by atoms with van der Waals surface area (Å²) >= 11 is 0. The van der Waals surface area contributed by atoms with E-state index in [1.54, 1.807) is 12.1 Å². The molecule has 0 spiro atoms. The molecule has 5 nitrogen and oxygen atoms in total. The molecule has 5 heteroatoms. The number of anilines is 1. The molecular formula is C20H25N3O2. The van der Waals surface area contributed by atoms with Crippen molar-refractivity contribution in [2.75, 3.05) is 25.9 Å². The highest BCUT2D eigenvalue weighted by Gasteiger charge is 2.31. The van der Waals surface area contributed by atoms with Crippen molar-refractivity contribution in [2.24, 2.45) is 0 Å². The molecule has 0 saturated carbocycles. The van der Waals surface area contributed by atoms with Crippen LogP contribution in [0, 0.1) is 5.41 Å². The quantitative estimate of drug-likeness (QED) is 0.588. The Balaban J connectivity index is 1.97. The Morgan fingerprint density at radius 1 is 1.16 bits per heavy atom. The molecule has 0 radical (unpaired) electrons. The first-order valence-corrected chi connectivity index (χ1v) is 8.51. The number of nitrogens with zero attached hydrogens (tertiary/aromatic N) is 1. The molecule has 0 aliphatic carbocycles. The average Bonchev–Trinajstić information content (AvgIpc) is 2.58. The van der Waals surface area contributed by atoms with Gasteiger partial charge in [0.05, 0.1) is 5.56 Å². The van der Waals surface area contributed by atoms with Gasteiger partial charge >= 0.3 is 0 Å². The number of nitrogens with one attached hydrogen (secondary N) is 1. The van der Waals surface area contributed by atoms with E-state index in [4.69, 9.17) is 15.9 Å². The third-order valence-electron chi connectivity index (χ3n) is 4.92. The Morgan fingerprint density at radius 3 is 2.40 bits per heavy atom. The number of hydrogen-bond acceptors (Lipinski definition) is 5. The van der Waals surface area contributed by atoms with Crippen LogP contribution in [0.2, 0.25) is 0 Å². The molecule has 4 N–H and O–H groups in total. The van der Waals surface area contributed by atoms with E-state index < -0.39 is 0 Å². The summed E-state index contributed by atoms with van der Waals surface area (Å²) in [6, 6.07) is 10.8. The van der Waals surface area contributed by atoms with E-state index in [0.29, 0.717) is 17.0 Å². The predicted octanol–water partition coefficient (Wildman–Crippen LogP) is 3.50. The third-order valence-corrected chi connectivity index (χ3v) is 4.92. The van der Waals surface area contributed by atoms with Crippen LogP contribution in [0.1, 0.15) is 25.3 Å². The van der Waals surface area contributed by atoms with Crippen molar-refractivity contribution >= 4 is 11.9 Å². The van der Waals surface area contributed by atoms with E-state index in [2.05, 4.69) is 18.9 Å². The normalized spacial score (nSPS) is 17.2. The fraction of sp³-hybridized carbons (Fsp3) is 0.350. The summed E-state index contributed by atoms with van der Waals surface area (Å²) in [5, 5.41) is 17.2. The highest BCUT2D eigenvalue weighted by atomic mass is 16.5. The standard InChI is InChI=1S/C20H25N3O2/c1-20(7-9-23(2)10-8-20)25-19-12-15(11-18(22)17(19)13-21)14-3-5-16(24)6-4-14/h3-6,11-13,21,24H,7-10,22H2,1-2H3. The van der Waals surface area contributed by atoms with Crippen LogP contribution >= 0.6 is 0 Å². The first-order chi connectivity index (χ1) is 11.9. The topological polar surface area (TPSA) is 82.6 Å². The highest BCUT2D eigenvalue weighted by Crippen LogP contribution is 2.36. The maximum atomic E-state index is 9.48. The maximum absolute atomic E-state index is 9.48. The smallest absolute Gasteiger partial charge is 0.131 e. The summed E-state index contributed by atoms with van der Waals surface area (Å²) in [7, 11) is 2.12. The van der Waals surface area contributed by atoms with Crippen LogP contribution < -0.4 is 10.5 Å². The number of likely N-dealkylation sites (tertiary alicyclic amines) is 1. The van der Waals surface area contributed by atoms with Crippen LogP contribution in [0.15, 0.2) is 36.4 Å². The van der Waals surface area contributed by atoms with E-state index in [0.717, 1.165) is 37.1 Å². The zero-order valence-electron chi connectivity index (χ0n) is 14.7. The van der Waals surface area contributed by atoms with Gasteiger partial charge in [0.2, 0.25) is 0 Å². The first-order valence-electron chi connectivity index (χ1n) is 8.51. The van der Waals surface area contributed by atoms with E-state index in [9.17, 15) is 5.11 Å². The molecule has 0 aromatic heterocycles. The number of aromatic hydroxyl groups is 1. The van der Waals surface area contributed by atoms with E-state index >= 15 is 0 Å². The number of phenolic OH excluding ortho intramolecular Hbond substituents is 1. The van der Waals surface area contributed by atoms with Crippen molar-refractivity contribution in [1.29, 1.82) is 5.41 Å². The molecular weight excluding hydrogens is 314 g/mol. The van der Waals surface area contributed by atoms with Crippen molar-refractivity contribution in [2.45, 2.75) is 25.4 Å². The molecule has 0 unspecified atom stereocenters. The van der Waals surface area contributed by atoms with E-state index in [1.165, 1.54) is 6.21 Å². The van der Waals surface area contributed by atoms with Crippen LogP contribution in [-0.4, -0.2) is 42.0 Å². The molecule has 0 bridgehead atoms. The number of benzene rings is 2. The lowest BCUT2D eigenvalue weighted by molar-refractivity contribution is 0.0241. The Labute approximate surface area is 148 Å². The van der Waals surface area contributed by atoms with Gasteiger partial charge in [-0.25, -0.2) is 0 Å². The number of nitrogen functional groups attached to an aromatic ring is 1. The van der Waals surface area contributed by atoms with Crippen LogP contribution in [0.4, 0.5) is 5.69 Å². The second-order valence-electron chi connectivity index (χ2n) is 7.02. The zero-order chi connectivity index (χ0) is 18.0. The van der Waals surface area contributed by atoms with Gasteiger partial charge in [-0.1, -0.05) is 12.1 Å². The predicted molar refractivity (Wildman–Crippen MR) is 102 cm³/mol. The van der Waals surface area contributed by atoms with Gasteiger partial charge in [0.1, 0.15) is 17.1 Å². The van der Waals surface area contributed by atoms with Crippen molar-refractivity contribution in [3.63, 3.8) is 0 Å². The van der Waals surface area contributed by atoms with Gasteiger partial charge in [0, 0.05) is 25.0 Å². The second-order valence-corrected chi connectivity index (χ2v) is 7.02. The van der Waals surface area contributed by atoms with Gasteiger partial charge in [-0.05, 0) is 62.2 Å². The summed E-state index contributed by atoms with van der Waals surface area (Å²) in [4.78, 5) is 2.30. The number of phenols is 1. The largest absolute Gasteiger partial charge is 0.508 e. The molecule has 2 aromatic carbocycles. The number of hydrogen-bond donors (Lipinski definition) is 3. The van der Waals surface area contributed by atoms with E-state index in [-0.39, 0.29) is 11.4 Å². The number of ether oxygens (including phenoxy) is 1. The lowest BCUT2D eigenvalue weighted by Gasteiger charge is -2.38. The molecule has 3 rings (SSSR count). The molecule has 0 amide bonds. The van der Waals surface area contributed by atoms with Gasteiger partial charge in [0.25, 0.3) is 0 Å². The summed E-state index contributed by atoms with van der Waals surface area (Å²) in [6.45, 7) is 4.10. The van der Waals surface area contributed by atoms with Crippen molar-refractivity contribution in [3.8, 4) is 22.6 Å². The molecule has 1 saturated heterocycles. The lowest BCUT2D eigenvalue weighted by Crippen LogP contribution is -2.44. The minimum absolute atomic E-state index is 0.225. The summed E-state index contributed by atoms with van der Waals surface area (Å²) in [5.74, 6) is 0.869. The molecule has 1 aliphatic heterocycles. The number of nitrogens with two attached hydrogens (primary N) is 1. The number of piperidine rings is 1. The summed E-state index contributed by atoms with van der Waals surface area (Å²) in [5.41, 5.74) is 8.91. The summed E-state index contributed by atoms with van der Waals surface area (Å²) in [6.07, 6.45) is 3.12. The van der Waals surface area contributed by atoms with Crippen molar-refractivity contribution < 1.29 is 9.84 Å². The SMILES string of the molecule is CN1CCC(C)(Oc2cc(-c3ccc(O)cc3)cc(N)c2C=N)CC1. The Kier molecular flexibility index (Phi) is 4.68. The second kappa shape index (κ2) is 6.76. The lowest BCUT2D eigenvalue weighted by atomic mass is 9.93. The minimum Gasteiger partial charge on any atom is -0.508 e. The van der Waals surface area contributed by atoms with Gasteiger partial charge < -0.3 is 25.9 Å². The van der Waals surface area contributed by atoms with Gasteiger partial charge in [-0.15, -0.1) is 0 Å². The van der Waals surface area contributed by atoms with Gasteiger partial charge in [-0.2, -0.15) is 0 Å². The van der Waals surface area contributed by atoms with Gasteiger partial charge in [0.15, 0.2) is 0 Å². The maximum Gasteiger partial charge on any atom is 0.131 e. The highest BCUT2D eigenvalue weighted by molar-refractivity contribution is 5.91. The Bertz CT molecular complexity index is 763. The molecule has 2 aromatic rings. The van der Waals surface area contributed by atoms with Crippen molar-refractivity contribution in [3.05, 3.63) is 42.0 Å². The summed E-state index contributed by atoms with van der Waals surface area (Å²) < 4.78 is 6.37. The first kappa shape index (κ1) is 17.3. The molecule has 0 atom stereocenters. The van der Waals surface area contributed by atoms with Gasteiger partial charge in [-0.3, -0.25) is 0 Å².